The van der Waals surface area contributed by atoms with Gasteiger partial charge in [-0.05, 0) is 18.6 Å². The number of nitrogens with zero attached hydrogens (tertiary/aromatic N) is 2. The van der Waals surface area contributed by atoms with Crippen LogP contribution in [0.15, 0.2) is 18.3 Å². The van der Waals surface area contributed by atoms with E-state index in [1.54, 1.807) is 18.3 Å². The molecule has 0 saturated carbocycles. The topological polar surface area (TPSA) is 71.5 Å². The zero-order valence-corrected chi connectivity index (χ0v) is 10.2. The summed E-state index contributed by atoms with van der Waals surface area (Å²) in [6.07, 6.45) is 2.40. The van der Waals surface area contributed by atoms with Gasteiger partial charge in [0.25, 0.3) is 0 Å². The Hall–Kier alpha value is -2.11. The number of carbonyl (C=O) groups is 2. The van der Waals surface area contributed by atoms with E-state index in [-0.39, 0.29) is 12.5 Å². The fourth-order valence-corrected chi connectivity index (χ4v) is 1.84. The third-order valence-corrected chi connectivity index (χ3v) is 2.75. The Bertz CT molecular complexity index is 462. The highest BCUT2D eigenvalue weighted by molar-refractivity contribution is 5.90. The summed E-state index contributed by atoms with van der Waals surface area (Å²) >= 11 is 0. The zero-order valence-electron chi connectivity index (χ0n) is 10.2. The van der Waals surface area contributed by atoms with E-state index in [4.69, 9.17) is 0 Å². The van der Waals surface area contributed by atoms with E-state index in [1.165, 1.54) is 7.11 Å². The molecule has 1 aromatic rings. The SMILES string of the molecule is COC(=O)c1ccnc(N2CCCNC(=O)C2)c1. The second-order valence-electron chi connectivity index (χ2n) is 4.02. The molecule has 0 spiro atoms. The largest absolute Gasteiger partial charge is 0.465 e. The second kappa shape index (κ2) is 5.48. The van der Waals surface area contributed by atoms with E-state index < -0.39 is 5.97 Å². The highest BCUT2D eigenvalue weighted by atomic mass is 16.5. The van der Waals surface area contributed by atoms with Gasteiger partial charge in [0, 0.05) is 19.3 Å². The molecule has 0 atom stereocenters. The maximum absolute atomic E-state index is 11.5. The van der Waals surface area contributed by atoms with E-state index in [0.717, 1.165) is 13.0 Å². The lowest BCUT2D eigenvalue weighted by molar-refractivity contribution is -0.119. The molecule has 1 saturated heterocycles. The monoisotopic (exact) mass is 249 g/mol. The van der Waals surface area contributed by atoms with Gasteiger partial charge in [0.1, 0.15) is 5.82 Å². The van der Waals surface area contributed by atoms with Crippen LogP contribution in [-0.2, 0) is 9.53 Å². The van der Waals surface area contributed by atoms with Gasteiger partial charge < -0.3 is 15.0 Å². The molecule has 2 heterocycles. The lowest BCUT2D eigenvalue weighted by Gasteiger charge is -2.20. The predicted octanol–water partition coefficient (Wildman–Crippen LogP) is 0.194. The van der Waals surface area contributed by atoms with E-state index in [9.17, 15) is 9.59 Å². The summed E-state index contributed by atoms with van der Waals surface area (Å²) in [7, 11) is 1.34. The van der Waals surface area contributed by atoms with Crippen molar-refractivity contribution in [2.75, 3.05) is 31.6 Å². The van der Waals surface area contributed by atoms with Gasteiger partial charge in [-0.15, -0.1) is 0 Å². The van der Waals surface area contributed by atoms with Crippen LogP contribution in [0.5, 0.6) is 0 Å². The summed E-state index contributed by atoms with van der Waals surface area (Å²) in [4.78, 5) is 29.0. The first-order valence-corrected chi connectivity index (χ1v) is 5.76. The fourth-order valence-electron chi connectivity index (χ4n) is 1.84. The molecule has 1 N–H and O–H groups in total. The van der Waals surface area contributed by atoms with E-state index in [2.05, 4.69) is 15.0 Å². The lowest BCUT2D eigenvalue weighted by atomic mass is 10.2. The summed E-state index contributed by atoms with van der Waals surface area (Å²) in [6.45, 7) is 1.67. The first-order chi connectivity index (χ1) is 8.70. The summed E-state index contributed by atoms with van der Waals surface area (Å²) in [5.41, 5.74) is 0.437. The molecule has 1 amide bonds. The number of anilines is 1. The molecule has 6 heteroatoms. The van der Waals surface area contributed by atoms with Crippen molar-refractivity contribution in [2.45, 2.75) is 6.42 Å². The highest BCUT2D eigenvalue weighted by Crippen LogP contribution is 2.14. The number of methoxy groups -OCH3 is 1. The summed E-state index contributed by atoms with van der Waals surface area (Å²) < 4.78 is 4.66. The summed E-state index contributed by atoms with van der Waals surface area (Å²) in [5.74, 6) is 0.186. The van der Waals surface area contributed by atoms with E-state index >= 15 is 0 Å². The lowest BCUT2D eigenvalue weighted by Crippen LogP contribution is -2.33. The van der Waals surface area contributed by atoms with Crippen molar-refractivity contribution in [3.05, 3.63) is 23.9 Å². The molecule has 0 unspecified atom stereocenters. The smallest absolute Gasteiger partial charge is 0.338 e. The Morgan fingerprint density at radius 1 is 1.56 bits per heavy atom. The van der Waals surface area contributed by atoms with Crippen molar-refractivity contribution in [2.24, 2.45) is 0 Å². The molecule has 1 aliphatic rings. The van der Waals surface area contributed by atoms with E-state index in [1.807, 2.05) is 4.90 Å². The number of esters is 1. The Labute approximate surface area is 105 Å². The van der Waals surface area contributed by atoms with Crippen LogP contribution >= 0.6 is 0 Å². The van der Waals surface area contributed by atoms with Crippen LogP contribution in [0, 0.1) is 0 Å². The van der Waals surface area contributed by atoms with Gasteiger partial charge in [-0.3, -0.25) is 4.79 Å². The standard InChI is InChI=1S/C12H15N3O3/c1-18-12(17)9-3-5-13-10(7-9)15-6-2-4-14-11(16)8-15/h3,5,7H,2,4,6,8H2,1H3,(H,14,16). The van der Waals surface area contributed by atoms with Gasteiger partial charge in [-0.2, -0.15) is 0 Å². The van der Waals surface area contributed by atoms with Gasteiger partial charge in [0.2, 0.25) is 5.91 Å². The Morgan fingerprint density at radius 2 is 2.39 bits per heavy atom. The molecule has 0 radical (unpaired) electrons. The number of carbonyl (C=O) groups excluding carboxylic acids is 2. The first kappa shape index (κ1) is 12.3. The van der Waals surface area contributed by atoms with Crippen molar-refractivity contribution in [1.82, 2.24) is 10.3 Å². The molecule has 18 heavy (non-hydrogen) atoms. The average molecular weight is 249 g/mol. The van der Waals surface area contributed by atoms with Gasteiger partial charge in [0.15, 0.2) is 0 Å². The Balaban J connectivity index is 2.21. The molecule has 0 bridgehead atoms. The highest BCUT2D eigenvalue weighted by Gasteiger charge is 2.17. The van der Waals surface area contributed by atoms with Crippen LogP contribution in [0.2, 0.25) is 0 Å². The molecule has 2 rings (SSSR count). The zero-order chi connectivity index (χ0) is 13.0. The Morgan fingerprint density at radius 3 is 3.17 bits per heavy atom. The van der Waals surface area contributed by atoms with Crippen LogP contribution in [0.1, 0.15) is 16.8 Å². The van der Waals surface area contributed by atoms with Crippen molar-refractivity contribution in [3.63, 3.8) is 0 Å². The third kappa shape index (κ3) is 2.77. The van der Waals surface area contributed by atoms with Crippen molar-refractivity contribution >= 4 is 17.7 Å². The van der Waals surface area contributed by atoms with Crippen molar-refractivity contribution < 1.29 is 14.3 Å². The number of hydrogen-bond acceptors (Lipinski definition) is 5. The quantitative estimate of drug-likeness (QED) is 0.758. The van der Waals surface area contributed by atoms with Crippen molar-refractivity contribution in [1.29, 1.82) is 0 Å². The number of hydrogen-bond donors (Lipinski definition) is 1. The normalized spacial score (nSPS) is 15.8. The minimum Gasteiger partial charge on any atom is -0.465 e. The third-order valence-electron chi connectivity index (χ3n) is 2.75. The molecule has 0 aromatic carbocycles. The van der Waals surface area contributed by atoms with Crippen LogP contribution < -0.4 is 10.2 Å². The minimum absolute atomic E-state index is 0.0298. The number of aromatic nitrogens is 1. The molecular formula is C12H15N3O3. The van der Waals surface area contributed by atoms with Crippen LogP contribution in [0.3, 0.4) is 0 Å². The number of ether oxygens (including phenoxy) is 1. The van der Waals surface area contributed by atoms with Crippen LogP contribution in [0.25, 0.3) is 0 Å². The number of pyridine rings is 1. The number of nitrogens with one attached hydrogen (secondary N) is 1. The van der Waals surface area contributed by atoms with Gasteiger partial charge in [-0.1, -0.05) is 0 Å². The molecular weight excluding hydrogens is 234 g/mol. The number of amides is 1. The first-order valence-electron chi connectivity index (χ1n) is 5.76. The Kier molecular flexibility index (Phi) is 3.76. The van der Waals surface area contributed by atoms with Crippen molar-refractivity contribution in [3.8, 4) is 0 Å². The summed E-state index contributed by atoms with van der Waals surface area (Å²) in [5, 5.41) is 2.79. The second-order valence-corrected chi connectivity index (χ2v) is 4.02. The molecule has 96 valence electrons. The minimum atomic E-state index is -0.405. The number of rotatable bonds is 2. The van der Waals surface area contributed by atoms with Crippen LogP contribution in [-0.4, -0.2) is 43.6 Å². The maximum atomic E-state index is 11.5. The fraction of sp³-hybridized carbons (Fsp3) is 0.417. The van der Waals surface area contributed by atoms with Crippen LogP contribution in [0.4, 0.5) is 5.82 Å². The van der Waals surface area contributed by atoms with Gasteiger partial charge in [-0.25, -0.2) is 9.78 Å². The maximum Gasteiger partial charge on any atom is 0.338 e. The molecule has 1 fully saturated rings. The van der Waals surface area contributed by atoms with Gasteiger partial charge >= 0.3 is 5.97 Å². The molecule has 1 aromatic heterocycles. The molecule has 6 nitrogen and oxygen atoms in total. The molecule has 1 aliphatic heterocycles. The molecule has 0 aliphatic carbocycles. The summed E-state index contributed by atoms with van der Waals surface area (Å²) in [6, 6.07) is 3.23. The van der Waals surface area contributed by atoms with E-state index in [0.29, 0.717) is 17.9 Å². The van der Waals surface area contributed by atoms with Gasteiger partial charge in [0.05, 0.1) is 19.2 Å². The average Bonchev–Trinajstić information content (AvgIpc) is 2.62. The predicted molar refractivity (Wildman–Crippen MR) is 65.4 cm³/mol.